The van der Waals surface area contributed by atoms with Gasteiger partial charge in [0.15, 0.2) is 0 Å². The van der Waals surface area contributed by atoms with Crippen molar-refractivity contribution in [2.75, 3.05) is 6.54 Å². The van der Waals surface area contributed by atoms with Crippen LogP contribution >= 0.6 is 23.2 Å². The maximum absolute atomic E-state index is 10.8. The molecule has 0 heterocycles. The SMILES string of the molecule is NCC(Cc1cccc(Cl)c1Cl)C(=O)O. The van der Waals surface area contributed by atoms with Crippen LogP contribution in [0.25, 0.3) is 0 Å². The number of carboxylic acids is 1. The van der Waals surface area contributed by atoms with Gasteiger partial charge in [-0.1, -0.05) is 35.3 Å². The van der Waals surface area contributed by atoms with Crippen LogP contribution in [-0.4, -0.2) is 17.6 Å². The zero-order valence-corrected chi connectivity index (χ0v) is 9.42. The molecule has 1 aromatic carbocycles. The summed E-state index contributed by atoms with van der Waals surface area (Å²) in [7, 11) is 0. The second-order valence-corrected chi connectivity index (χ2v) is 3.97. The van der Waals surface area contributed by atoms with Crippen molar-refractivity contribution in [3.8, 4) is 0 Å². The van der Waals surface area contributed by atoms with Gasteiger partial charge in [-0.25, -0.2) is 0 Å². The first kappa shape index (κ1) is 12.3. The van der Waals surface area contributed by atoms with Gasteiger partial charge in [0.05, 0.1) is 16.0 Å². The van der Waals surface area contributed by atoms with E-state index in [2.05, 4.69) is 0 Å². The molecule has 0 amide bonds. The minimum absolute atomic E-state index is 0.0815. The molecule has 1 atom stereocenters. The van der Waals surface area contributed by atoms with Gasteiger partial charge >= 0.3 is 5.97 Å². The van der Waals surface area contributed by atoms with Crippen LogP contribution in [0, 0.1) is 5.92 Å². The van der Waals surface area contributed by atoms with E-state index in [9.17, 15) is 4.79 Å². The fourth-order valence-electron chi connectivity index (χ4n) is 1.24. The highest BCUT2D eigenvalue weighted by Gasteiger charge is 2.17. The standard InChI is InChI=1S/C10H11Cl2NO2/c11-8-3-1-2-6(9(8)12)4-7(5-13)10(14)15/h1-3,7H,4-5,13H2,(H,14,15). The Kier molecular flexibility index (Phi) is 4.39. The molecule has 1 unspecified atom stereocenters. The van der Waals surface area contributed by atoms with Crippen molar-refractivity contribution < 1.29 is 9.90 Å². The van der Waals surface area contributed by atoms with Crippen molar-refractivity contribution in [1.82, 2.24) is 0 Å². The lowest BCUT2D eigenvalue weighted by atomic mass is 10.00. The first-order chi connectivity index (χ1) is 7.06. The molecule has 0 saturated carbocycles. The van der Waals surface area contributed by atoms with Gasteiger partial charge in [0.1, 0.15) is 0 Å². The molecular weight excluding hydrogens is 237 g/mol. The smallest absolute Gasteiger partial charge is 0.308 e. The zero-order valence-electron chi connectivity index (χ0n) is 7.91. The molecule has 0 saturated heterocycles. The van der Waals surface area contributed by atoms with E-state index >= 15 is 0 Å². The Labute approximate surface area is 97.8 Å². The van der Waals surface area contributed by atoms with E-state index in [0.717, 1.165) is 0 Å². The van der Waals surface area contributed by atoms with E-state index in [0.29, 0.717) is 22.0 Å². The first-order valence-corrected chi connectivity index (χ1v) is 5.17. The van der Waals surface area contributed by atoms with Crippen LogP contribution < -0.4 is 5.73 Å². The van der Waals surface area contributed by atoms with Crippen LogP contribution in [0.1, 0.15) is 5.56 Å². The Morgan fingerprint density at radius 3 is 2.67 bits per heavy atom. The lowest BCUT2D eigenvalue weighted by Crippen LogP contribution is -2.25. The van der Waals surface area contributed by atoms with Gasteiger partial charge in [0.2, 0.25) is 0 Å². The van der Waals surface area contributed by atoms with Gasteiger partial charge in [-0.3, -0.25) is 4.79 Å². The summed E-state index contributed by atoms with van der Waals surface area (Å²) in [6.45, 7) is 0.0815. The second-order valence-electron chi connectivity index (χ2n) is 3.19. The average molecular weight is 248 g/mol. The van der Waals surface area contributed by atoms with E-state index in [4.69, 9.17) is 34.0 Å². The van der Waals surface area contributed by atoms with E-state index in [-0.39, 0.29) is 6.54 Å². The lowest BCUT2D eigenvalue weighted by molar-refractivity contribution is -0.141. The number of benzene rings is 1. The molecule has 0 aliphatic heterocycles. The number of rotatable bonds is 4. The fraction of sp³-hybridized carbons (Fsp3) is 0.300. The molecule has 1 rings (SSSR count). The maximum Gasteiger partial charge on any atom is 0.308 e. The Bertz CT molecular complexity index is 368. The molecule has 0 aliphatic rings. The Hall–Kier alpha value is -0.770. The molecule has 0 radical (unpaired) electrons. The van der Waals surface area contributed by atoms with Crippen LogP contribution in [0.15, 0.2) is 18.2 Å². The van der Waals surface area contributed by atoms with Crippen LogP contribution in [-0.2, 0) is 11.2 Å². The summed E-state index contributed by atoms with van der Waals surface area (Å²) in [4.78, 5) is 10.8. The Morgan fingerprint density at radius 2 is 2.13 bits per heavy atom. The molecule has 0 fully saturated rings. The Balaban J connectivity index is 2.88. The number of hydrogen-bond donors (Lipinski definition) is 2. The van der Waals surface area contributed by atoms with E-state index < -0.39 is 11.9 Å². The van der Waals surface area contributed by atoms with Crippen molar-refractivity contribution in [1.29, 1.82) is 0 Å². The summed E-state index contributed by atoms with van der Waals surface area (Å²) >= 11 is 11.7. The lowest BCUT2D eigenvalue weighted by Gasteiger charge is -2.11. The summed E-state index contributed by atoms with van der Waals surface area (Å²) in [5, 5.41) is 9.67. The van der Waals surface area contributed by atoms with E-state index in [1.54, 1.807) is 18.2 Å². The predicted octanol–water partition coefficient (Wildman–Crippen LogP) is 2.20. The van der Waals surface area contributed by atoms with E-state index in [1.807, 2.05) is 0 Å². The summed E-state index contributed by atoms with van der Waals surface area (Å²) in [5.41, 5.74) is 6.06. The van der Waals surface area contributed by atoms with Crippen LogP contribution in [0.2, 0.25) is 10.0 Å². The summed E-state index contributed by atoms with van der Waals surface area (Å²) in [5.74, 6) is -1.55. The number of nitrogens with two attached hydrogens (primary N) is 1. The molecule has 3 N–H and O–H groups in total. The third-order valence-electron chi connectivity index (χ3n) is 2.13. The van der Waals surface area contributed by atoms with Gasteiger partial charge in [-0.2, -0.15) is 0 Å². The molecule has 0 aromatic heterocycles. The third-order valence-corrected chi connectivity index (χ3v) is 2.99. The fourth-order valence-corrected chi connectivity index (χ4v) is 1.64. The van der Waals surface area contributed by atoms with Gasteiger partial charge < -0.3 is 10.8 Å². The third kappa shape index (κ3) is 3.09. The highest BCUT2D eigenvalue weighted by Crippen LogP contribution is 2.27. The molecule has 3 nitrogen and oxygen atoms in total. The van der Waals surface area contributed by atoms with Crippen LogP contribution in [0.5, 0.6) is 0 Å². The number of aliphatic carboxylic acids is 1. The number of hydrogen-bond acceptors (Lipinski definition) is 2. The van der Waals surface area contributed by atoms with Crippen molar-refractivity contribution in [3.05, 3.63) is 33.8 Å². The molecule has 82 valence electrons. The predicted molar refractivity (Wildman–Crippen MR) is 60.3 cm³/mol. The largest absolute Gasteiger partial charge is 0.481 e. The van der Waals surface area contributed by atoms with Crippen molar-refractivity contribution in [3.63, 3.8) is 0 Å². The summed E-state index contributed by atoms with van der Waals surface area (Å²) in [6.07, 6.45) is 0.297. The van der Waals surface area contributed by atoms with E-state index in [1.165, 1.54) is 0 Å². The average Bonchev–Trinajstić information content (AvgIpc) is 2.19. The van der Waals surface area contributed by atoms with Gasteiger partial charge in [0, 0.05) is 6.54 Å². The second kappa shape index (κ2) is 5.35. The van der Waals surface area contributed by atoms with Gasteiger partial charge in [0.25, 0.3) is 0 Å². The molecule has 1 aromatic rings. The van der Waals surface area contributed by atoms with Gasteiger partial charge in [-0.15, -0.1) is 0 Å². The van der Waals surface area contributed by atoms with Crippen molar-refractivity contribution >= 4 is 29.2 Å². The normalized spacial score (nSPS) is 12.5. The molecule has 0 spiro atoms. The quantitative estimate of drug-likeness (QED) is 0.858. The monoisotopic (exact) mass is 247 g/mol. The Morgan fingerprint density at radius 1 is 1.47 bits per heavy atom. The highest BCUT2D eigenvalue weighted by molar-refractivity contribution is 6.42. The molecule has 0 aliphatic carbocycles. The minimum atomic E-state index is -0.923. The van der Waals surface area contributed by atoms with Crippen LogP contribution in [0.4, 0.5) is 0 Å². The van der Waals surface area contributed by atoms with Crippen molar-refractivity contribution in [2.24, 2.45) is 11.7 Å². The topological polar surface area (TPSA) is 63.3 Å². The maximum atomic E-state index is 10.8. The zero-order chi connectivity index (χ0) is 11.4. The minimum Gasteiger partial charge on any atom is -0.481 e. The van der Waals surface area contributed by atoms with Gasteiger partial charge in [-0.05, 0) is 18.1 Å². The number of carbonyl (C=O) groups is 1. The highest BCUT2D eigenvalue weighted by atomic mass is 35.5. The summed E-state index contributed by atoms with van der Waals surface area (Å²) in [6, 6.07) is 5.14. The number of carboxylic acid groups (broad SMARTS) is 1. The number of halogens is 2. The van der Waals surface area contributed by atoms with Crippen LogP contribution in [0.3, 0.4) is 0 Å². The molecule has 0 bridgehead atoms. The molecular formula is C10H11Cl2NO2. The molecule has 15 heavy (non-hydrogen) atoms. The summed E-state index contributed by atoms with van der Waals surface area (Å²) < 4.78 is 0. The first-order valence-electron chi connectivity index (χ1n) is 4.42. The van der Waals surface area contributed by atoms with Crippen molar-refractivity contribution in [2.45, 2.75) is 6.42 Å². The molecule has 5 heteroatoms.